The fraction of sp³-hybridized carbons (Fsp3) is 0.444. The molecule has 0 saturated carbocycles. The molecular weight excluding hydrogens is 248 g/mol. The lowest BCUT2D eigenvalue weighted by atomic mass is 9.78. The normalized spacial score (nSPS) is 12.7. The maximum Gasteiger partial charge on any atom is 0.133 e. The van der Waals surface area contributed by atoms with Crippen LogP contribution in [0.4, 0.5) is 0 Å². The average Bonchev–Trinajstić information content (AvgIpc) is 2.79. The van der Waals surface area contributed by atoms with E-state index in [-0.39, 0.29) is 10.8 Å². The molecule has 0 spiro atoms. The number of phenolic OH excluding ortho intramolecular Hbond substituents is 1. The van der Waals surface area contributed by atoms with E-state index in [1.54, 1.807) is 6.26 Å². The number of aromatic hydroxyl groups is 1. The molecule has 2 heteroatoms. The molecule has 1 aromatic heterocycles. The Morgan fingerprint density at radius 1 is 0.900 bits per heavy atom. The monoisotopic (exact) mass is 272 g/mol. The zero-order valence-corrected chi connectivity index (χ0v) is 13.2. The smallest absolute Gasteiger partial charge is 0.133 e. The van der Waals surface area contributed by atoms with Gasteiger partial charge in [0, 0.05) is 16.7 Å². The fourth-order valence-corrected chi connectivity index (χ4v) is 2.36. The van der Waals surface area contributed by atoms with Crippen molar-refractivity contribution in [3.05, 3.63) is 41.7 Å². The summed E-state index contributed by atoms with van der Waals surface area (Å²) in [7, 11) is 0. The van der Waals surface area contributed by atoms with Gasteiger partial charge in [0.05, 0.1) is 6.26 Å². The molecule has 20 heavy (non-hydrogen) atoms. The highest BCUT2D eigenvalue weighted by Crippen LogP contribution is 2.41. The Hall–Kier alpha value is -1.70. The van der Waals surface area contributed by atoms with E-state index in [9.17, 15) is 5.11 Å². The first kappa shape index (κ1) is 14.7. The summed E-state index contributed by atoms with van der Waals surface area (Å²) in [6.45, 7) is 12.7. The van der Waals surface area contributed by atoms with Crippen LogP contribution in [-0.2, 0) is 10.8 Å². The third-order valence-electron chi connectivity index (χ3n) is 3.53. The van der Waals surface area contributed by atoms with Crippen LogP contribution in [0.25, 0.3) is 11.3 Å². The molecule has 0 saturated heterocycles. The van der Waals surface area contributed by atoms with E-state index in [4.69, 9.17) is 4.42 Å². The third-order valence-corrected chi connectivity index (χ3v) is 3.53. The van der Waals surface area contributed by atoms with Gasteiger partial charge in [-0.2, -0.15) is 0 Å². The van der Waals surface area contributed by atoms with Gasteiger partial charge in [-0.05, 0) is 35.1 Å². The number of hydrogen-bond acceptors (Lipinski definition) is 2. The number of benzene rings is 1. The largest absolute Gasteiger partial charge is 0.507 e. The second-order valence-corrected chi connectivity index (χ2v) is 7.40. The Balaban J connectivity index is 2.74. The molecule has 0 unspecified atom stereocenters. The number of rotatable bonds is 1. The van der Waals surface area contributed by atoms with E-state index in [1.165, 1.54) is 0 Å². The van der Waals surface area contributed by atoms with Crippen LogP contribution in [0.1, 0.15) is 52.7 Å². The summed E-state index contributed by atoms with van der Waals surface area (Å²) in [5.41, 5.74) is 2.69. The molecule has 2 nitrogen and oxygen atoms in total. The molecule has 1 aromatic carbocycles. The van der Waals surface area contributed by atoms with Gasteiger partial charge in [0.2, 0.25) is 0 Å². The molecule has 0 fully saturated rings. The van der Waals surface area contributed by atoms with Crippen molar-refractivity contribution in [2.24, 2.45) is 0 Å². The van der Waals surface area contributed by atoms with Crippen molar-refractivity contribution < 1.29 is 9.52 Å². The maximum absolute atomic E-state index is 10.7. The molecule has 0 aliphatic rings. The van der Waals surface area contributed by atoms with Crippen LogP contribution in [0.15, 0.2) is 34.9 Å². The second-order valence-electron chi connectivity index (χ2n) is 7.40. The van der Waals surface area contributed by atoms with Gasteiger partial charge in [-0.15, -0.1) is 0 Å². The summed E-state index contributed by atoms with van der Waals surface area (Å²) in [6, 6.07) is 7.90. The van der Waals surface area contributed by atoms with Gasteiger partial charge in [0.25, 0.3) is 0 Å². The van der Waals surface area contributed by atoms with Crippen LogP contribution < -0.4 is 0 Å². The Labute approximate surface area is 121 Å². The van der Waals surface area contributed by atoms with E-state index < -0.39 is 0 Å². The first-order chi connectivity index (χ1) is 9.10. The maximum atomic E-state index is 10.7. The summed E-state index contributed by atoms with van der Waals surface area (Å²) in [5.74, 6) is 1.24. The zero-order valence-electron chi connectivity index (χ0n) is 13.2. The lowest BCUT2D eigenvalue weighted by Gasteiger charge is -2.28. The van der Waals surface area contributed by atoms with E-state index in [2.05, 4.69) is 41.5 Å². The number of hydrogen-bond donors (Lipinski definition) is 1. The van der Waals surface area contributed by atoms with Crippen molar-refractivity contribution in [1.82, 2.24) is 0 Å². The van der Waals surface area contributed by atoms with Crippen LogP contribution in [0.5, 0.6) is 5.75 Å². The zero-order chi connectivity index (χ0) is 15.1. The highest BCUT2D eigenvalue weighted by atomic mass is 16.3. The second kappa shape index (κ2) is 4.69. The topological polar surface area (TPSA) is 33.4 Å². The highest BCUT2D eigenvalue weighted by Gasteiger charge is 2.27. The molecule has 2 aromatic rings. The Bertz CT molecular complexity index is 558. The van der Waals surface area contributed by atoms with Crippen LogP contribution in [0.2, 0.25) is 0 Å². The number of phenols is 1. The molecular formula is C18H24O2. The highest BCUT2D eigenvalue weighted by molar-refractivity contribution is 5.65. The van der Waals surface area contributed by atoms with Crippen molar-refractivity contribution in [1.29, 1.82) is 0 Å². The minimum atomic E-state index is -0.118. The molecule has 1 N–H and O–H groups in total. The van der Waals surface area contributed by atoms with E-state index in [0.29, 0.717) is 5.75 Å². The minimum absolute atomic E-state index is 0.118. The van der Waals surface area contributed by atoms with Crippen molar-refractivity contribution in [3.63, 3.8) is 0 Å². The lowest BCUT2D eigenvalue weighted by molar-refractivity contribution is 0.423. The quantitative estimate of drug-likeness (QED) is 0.769. The SMILES string of the molecule is CC(C)(C)c1cc(-c2ccco2)cc(C(C)(C)C)c1O. The van der Waals surface area contributed by atoms with Gasteiger partial charge in [0.15, 0.2) is 0 Å². The summed E-state index contributed by atoms with van der Waals surface area (Å²) in [4.78, 5) is 0. The van der Waals surface area contributed by atoms with Crippen LogP contribution >= 0.6 is 0 Å². The molecule has 0 amide bonds. The van der Waals surface area contributed by atoms with Gasteiger partial charge < -0.3 is 9.52 Å². The van der Waals surface area contributed by atoms with Gasteiger partial charge in [0.1, 0.15) is 11.5 Å². The molecule has 2 rings (SSSR count). The first-order valence-corrected chi connectivity index (χ1v) is 7.02. The third kappa shape index (κ3) is 2.74. The standard InChI is InChI=1S/C18H24O2/c1-17(2,3)13-10-12(15-8-7-9-20-15)11-14(16(13)19)18(4,5)6/h7-11,19H,1-6H3. The summed E-state index contributed by atoms with van der Waals surface area (Å²) in [6.07, 6.45) is 1.68. The molecule has 0 bridgehead atoms. The van der Waals surface area contributed by atoms with Gasteiger partial charge >= 0.3 is 0 Å². The van der Waals surface area contributed by atoms with Crippen molar-refractivity contribution >= 4 is 0 Å². The van der Waals surface area contributed by atoms with Crippen molar-refractivity contribution in [2.45, 2.75) is 52.4 Å². The van der Waals surface area contributed by atoms with Gasteiger partial charge in [-0.25, -0.2) is 0 Å². The summed E-state index contributed by atoms with van der Waals surface area (Å²) >= 11 is 0. The predicted molar refractivity (Wildman–Crippen MR) is 83.2 cm³/mol. The Kier molecular flexibility index (Phi) is 3.45. The van der Waals surface area contributed by atoms with Crippen molar-refractivity contribution in [3.8, 4) is 17.1 Å². The van der Waals surface area contributed by atoms with E-state index in [0.717, 1.165) is 22.5 Å². The first-order valence-electron chi connectivity index (χ1n) is 7.02. The van der Waals surface area contributed by atoms with Crippen LogP contribution in [0.3, 0.4) is 0 Å². The average molecular weight is 272 g/mol. The molecule has 0 aliphatic carbocycles. The summed E-state index contributed by atoms with van der Waals surface area (Å²) < 4.78 is 5.51. The van der Waals surface area contributed by atoms with Crippen molar-refractivity contribution in [2.75, 3.05) is 0 Å². The molecule has 108 valence electrons. The molecule has 0 aliphatic heterocycles. The predicted octanol–water partition coefficient (Wildman–Crippen LogP) is 5.25. The molecule has 1 heterocycles. The van der Waals surface area contributed by atoms with E-state index in [1.807, 2.05) is 24.3 Å². The molecule has 0 radical (unpaired) electrons. The summed E-state index contributed by atoms with van der Waals surface area (Å²) in [5, 5.41) is 10.7. The van der Waals surface area contributed by atoms with Crippen LogP contribution in [0, 0.1) is 0 Å². The van der Waals surface area contributed by atoms with Crippen LogP contribution in [-0.4, -0.2) is 5.11 Å². The fourth-order valence-electron chi connectivity index (χ4n) is 2.36. The lowest BCUT2D eigenvalue weighted by Crippen LogP contribution is -2.17. The Morgan fingerprint density at radius 2 is 1.40 bits per heavy atom. The Morgan fingerprint density at radius 3 is 1.75 bits per heavy atom. The number of furan rings is 1. The minimum Gasteiger partial charge on any atom is -0.507 e. The van der Waals surface area contributed by atoms with Gasteiger partial charge in [-0.3, -0.25) is 0 Å². The van der Waals surface area contributed by atoms with E-state index >= 15 is 0 Å². The van der Waals surface area contributed by atoms with Gasteiger partial charge in [-0.1, -0.05) is 41.5 Å². The molecule has 0 atom stereocenters.